The van der Waals surface area contributed by atoms with E-state index in [0.29, 0.717) is 0 Å². The topological polar surface area (TPSA) is 26.3 Å². The number of allylic oxidation sites excluding steroid dienone is 1. The van der Waals surface area contributed by atoms with Crippen molar-refractivity contribution in [3.8, 4) is 11.1 Å². The number of ether oxygens (including phenoxy) is 1. The van der Waals surface area contributed by atoms with Crippen molar-refractivity contribution >= 4 is 29.2 Å². The van der Waals surface area contributed by atoms with Crippen LogP contribution in [0.25, 0.3) is 11.1 Å². The molecule has 0 radical (unpaired) electrons. The predicted octanol–water partition coefficient (Wildman–Crippen LogP) is 5.99. The van der Waals surface area contributed by atoms with Gasteiger partial charge in [0.05, 0.1) is 5.92 Å². The molecule has 1 fully saturated rings. The second-order valence-corrected chi connectivity index (χ2v) is 7.96. The van der Waals surface area contributed by atoms with Gasteiger partial charge in [-0.15, -0.1) is 0 Å². The number of rotatable bonds is 5. The Morgan fingerprint density at radius 3 is 2.44 bits per heavy atom. The molecule has 2 nitrogen and oxygen atoms in total. The molecular weight excluding hydrogens is 355 g/mol. The molecular formula is C21H20Cl2O2. The van der Waals surface area contributed by atoms with Gasteiger partial charge in [0.25, 0.3) is 0 Å². The Morgan fingerprint density at radius 1 is 1.08 bits per heavy atom. The van der Waals surface area contributed by atoms with Gasteiger partial charge in [-0.05, 0) is 40.2 Å². The summed E-state index contributed by atoms with van der Waals surface area (Å²) in [7, 11) is 0. The molecule has 2 aromatic carbocycles. The van der Waals surface area contributed by atoms with Gasteiger partial charge in [-0.25, -0.2) is 0 Å². The summed E-state index contributed by atoms with van der Waals surface area (Å²) in [4.78, 5) is 12.4. The Hall–Kier alpha value is -1.77. The highest BCUT2D eigenvalue weighted by Crippen LogP contribution is 2.60. The minimum atomic E-state index is -0.203. The summed E-state index contributed by atoms with van der Waals surface area (Å²) in [5, 5.41) is 0. The first-order valence-corrected chi connectivity index (χ1v) is 8.99. The monoisotopic (exact) mass is 374 g/mol. The van der Waals surface area contributed by atoms with E-state index in [9.17, 15) is 4.79 Å². The van der Waals surface area contributed by atoms with Crippen LogP contribution in [0.15, 0.2) is 65.2 Å². The molecule has 0 bridgehead atoms. The molecule has 3 rings (SSSR count). The van der Waals surface area contributed by atoms with Crippen LogP contribution in [0.2, 0.25) is 0 Å². The van der Waals surface area contributed by atoms with E-state index >= 15 is 0 Å². The molecule has 2 atom stereocenters. The van der Waals surface area contributed by atoms with Gasteiger partial charge in [-0.1, -0.05) is 85.6 Å². The lowest BCUT2D eigenvalue weighted by molar-refractivity contribution is -0.147. The van der Waals surface area contributed by atoms with Crippen LogP contribution >= 0.6 is 23.2 Å². The Morgan fingerprint density at radius 2 is 1.76 bits per heavy atom. The van der Waals surface area contributed by atoms with Gasteiger partial charge >= 0.3 is 5.97 Å². The average Bonchev–Trinajstić information content (AvgIpc) is 3.13. The normalized spacial score (nSPS) is 20.6. The van der Waals surface area contributed by atoms with E-state index in [1.165, 1.54) is 0 Å². The summed E-state index contributed by atoms with van der Waals surface area (Å²) in [6.45, 7) is 4.30. The van der Waals surface area contributed by atoms with Gasteiger partial charge < -0.3 is 4.74 Å². The van der Waals surface area contributed by atoms with Crippen LogP contribution < -0.4 is 0 Å². The number of hydrogen-bond acceptors (Lipinski definition) is 2. The maximum atomic E-state index is 12.4. The second kappa shape index (κ2) is 7.23. The number of benzene rings is 2. The smallest absolute Gasteiger partial charge is 0.310 e. The van der Waals surface area contributed by atoms with Crippen molar-refractivity contribution < 1.29 is 9.53 Å². The molecule has 0 spiro atoms. The fourth-order valence-electron chi connectivity index (χ4n) is 3.29. The third-order valence-corrected chi connectivity index (χ3v) is 5.14. The number of carbonyl (C=O) groups excluding carboxylic acids is 1. The summed E-state index contributed by atoms with van der Waals surface area (Å²) in [6, 6.07) is 18.2. The van der Waals surface area contributed by atoms with Crippen molar-refractivity contribution in [2.45, 2.75) is 20.5 Å². The summed E-state index contributed by atoms with van der Waals surface area (Å²) in [6.07, 6.45) is 1.73. The molecule has 1 aliphatic rings. The van der Waals surface area contributed by atoms with E-state index < -0.39 is 0 Å². The molecule has 0 N–H and O–H groups in total. The van der Waals surface area contributed by atoms with Crippen LogP contribution in [-0.4, -0.2) is 5.97 Å². The number of halogens is 2. The number of esters is 1. The summed E-state index contributed by atoms with van der Waals surface area (Å²) >= 11 is 11.5. The Labute approximate surface area is 158 Å². The van der Waals surface area contributed by atoms with Crippen LogP contribution in [0.3, 0.4) is 0 Å². The minimum Gasteiger partial charge on any atom is -0.461 e. The number of carbonyl (C=O) groups is 1. The maximum Gasteiger partial charge on any atom is 0.310 e. The highest BCUT2D eigenvalue weighted by Gasteiger charge is 2.61. The number of hydrogen-bond donors (Lipinski definition) is 0. The van der Waals surface area contributed by atoms with E-state index in [-0.39, 0.29) is 34.3 Å². The molecule has 0 heterocycles. The molecule has 4 heteroatoms. The van der Waals surface area contributed by atoms with E-state index in [0.717, 1.165) is 16.7 Å². The van der Waals surface area contributed by atoms with Crippen LogP contribution in [0, 0.1) is 17.3 Å². The quantitative estimate of drug-likeness (QED) is 0.600. The van der Waals surface area contributed by atoms with Crippen molar-refractivity contribution in [1.82, 2.24) is 0 Å². The average molecular weight is 375 g/mol. The molecule has 0 amide bonds. The highest BCUT2D eigenvalue weighted by molar-refractivity contribution is 6.55. The molecule has 25 heavy (non-hydrogen) atoms. The first kappa shape index (κ1) is 18.0. The van der Waals surface area contributed by atoms with Crippen LogP contribution in [0.5, 0.6) is 0 Å². The third kappa shape index (κ3) is 4.08. The van der Waals surface area contributed by atoms with E-state index in [1.807, 2.05) is 56.3 Å². The van der Waals surface area contributed by atoms with Gasteiger partial charge in [0.1, 0.15) is 11.1 Å². The summed E-state index contributed by atoms with van der Waals surface area (Å²) < 4.78 is 5.73. The zero-order chi connectivity index (χ0) is 18.0. The Balaban J connectivity index is 1.65. The first-order chi connectivity index (χ1) is 11.9. The Bertz CT molecular complexity index is 793. The van der Waals surface area contributed by atoms with Gasteiger partial charge in [0, 0.05) is 0 Å². The van der Waals surface area contributed by atoms with E-state index in [1.54, 1.807) is 6.08 Å². The molecule has 0 saturated heterocycles. The standard InChI is InChI=1S/C21H20Cl2O2/c1-21(2)17(12-18(22)23)19(21)20(24)25-13-14-7-6-10-16(11-14)15-8-4-3-5-9-15/h3-12,17,19H,13H2,1-2H3/t17-,19+/m0/s1. The first-order valence-electron chi connectivity index (χ1n) is 8.23. The minimum absolute atomic E-state index is 0.0284. The van der Waals surface area contributed by atoms with Crippen LogP contribution in [0.4, 0.5) is 0 Å². The predicted molar refractivity (Wildman–Crippen MR) is 102 cm³/mol. The molecule has 0 aromatic heterocycles. The second-order valence-electron chi connectivity index (χ2n) is 6.96. The zero-order valence-electron chi connectivity index (χ0n) is 14.2. The van der Waals surface area contributed by atoms with Crippen molar-refractivity contribution in [1.29, 1.82) is 0 Å². The van der Waals surface area contributed by atoms with Crippen molar-refractivity contribution in [3.63, 3.8) is 0 Å². The van der Waals surface area contributed by atoms with E-state index in [2.05, 4.69) is 12.1 Å². The SMILES string of the molecule is CC1(C)[C@@H](C=C(Cl)Cl)[C@@H]1C(=O)OCc1cccc(-c2ccccc2)c1. The molecule has 0 aliphatic heterocycles. The van der Waals surface area contributed by atoms with E-state index in [4.69, 9.17) is 27.9 Å². The fourth-order valence-corrected chi connectivity index (χ4v) is 3.56. The largest absolute Gasteiger partial charge is 0.461 e. The lowest BCUT2D eigenvalue weighted by Gasteiger charge is -2.08. The molecule has 0 unspecified atom stereocenters. The third-order valence-electron chi connectivity index (χ3n) is 4.89. The fraction of sp³-hybridized carbons (Fsp3) is 0.286. The van der Waals surface area contributed by atoms with Gasteiger partial charge in [-0.3, -0.25) is 4.79 Å². The van der Waals surface area contributed by atoms with Crippen LogP contribution in [-0.2, 0) is 16.1 Å². The van der Waals surface area contributed by atoms with Crippen molar-refractivity contribution in [3.05, 3.63) is 70.7 Å². The van der Waals surface area contributed by atoms with Crippen molar-refractivity contribution in [2.24, 2.45) is 17.3 Å². The highest BCUT2D eigenvalue weighted by atomic mass is 35.5. The van der Waals surface area contributed by atoms with Gasteiger partial charge in [0.2, 0.25) is 0 Å². The summed E-state index contributed by atoms with van der Waals surface area (Å²) in [5.74, 6) is -0.371. The molecule has 130 valence electrons. The summed E-state index contributed by atoms with van der Waals surface area (Å²) in [5.41, 5.74) is 3.05. The zero-order valence-corrected chi connectivity index (χ0v) is 15.7. The molecule has 1 saturated carbocycles. The molecule has 1 aliphatic carbocycles. The lowest BCUT2D eigenvalue weighted by Crippen LogP contribution is -2.10. The lowest BCUT2D eigenvalue weighted by atomic mass is 10.0. The van der Waals surface area contributed by atoms with Gasteiger partial charge in [0.15, 0.2) is 0 Å². The van der Waals surface area contributed by atoms with Gasteiger partial charge in [-0.2, -0.15) is 0 Å². The maximum absolute atomic E-state index is 12.4. The van der Waals surface area contributed by atoms with Crippen molar-refractivity contribution in [2.75, 3.05) is 0 Å². The Kier molecular flexibility index (Phi) is 5.21. The molecule has 2 aromatic rings. The van der Waals surface area contributed by atoms with Crippen LogP contribution in [0.1, 0.15) is 19.4 Å².